The minimum absolute atomic E-state index is 0.000717. The Kier molecular flexibility index (Phi) is 5.05. The van der Waals surface area contributed by atoms with Crippen LogP contribution in [0.25, 0.3) is 0 Å². The van der Waals surface area contributed by atoms with Crippen LogP contribution in [0.3, 0.4) is 0 Å². The monoisotopic (exact) mass is 404 g/mol. The molecule has 0 amide bonds. The molecule has 3 heterocycles. The van der Waals surface area contributed by atoms with Crippen molar-refractivity contribution in [1.29, 1.82) is 0 Å². The van der Waals surface area contributed by atoms with Crippen LogP contribution >= 0.6 is 11.8 Å². The average Bonchev–Trinajstić information content (AvgIpc) is 3.04. The van der Waals surface area contributed by atoms with Gasteiger partial charge in [-0.3, -0.25) is 4.98 Å². The Balaban J connectivity index is 1.36. The summed E-state index contributed by atoms with van der Waals surface area (Å²) >= 11 is 1.84. The lowest BCUT2D eigenvalue weighted by Gasteiger charge is -2.46. The third-order valence-electron chi connectivity index (χ3n) is 5.13. The summed E-state index contributed by atoms with van der Waals surface area (Å²) < 4.78 is 33.5. The molecule has 4 rings (SSSR count). The Morgan fingerprint density at radius 3 is 2.63 bits per heavy atom. The number of nitrogens with zero attached hydrogens (tertiary/aromatic N) is 2. The van der Waals surface area contributed by atoms with Crippen LogP contribution in [0.4, 0.5) is 0 Å². The zero-order chi connectivity index (χ0) is 19.1. The molecule has 0 saturated carbocycles. The van der Waals surface area contributed by atoms with Crippen molar-refractivity contribution >= 4 is 21.8 Å². The predicted octanol–water partition coefficient (Wildman–Crippen LogP) is 3.16. The molecule has 144 valence electrons. The molecule has 2 aliphatic heterocycles. The maximum absolute atomic E-state index is 12.9. The van der Waals surface area contributed by atoms with Gasteiger partial charge in [0.15, 0.2) is 0 Å². The highest BCUT2D eigenvalue weighted by molar-refractivity contribution is 8.01. The Morgan fingerprint density at radius 2 is 1.96 bits per heavy atom. The summed E-state index contributed by atoms with van der Waals surface area (Å²) in [5.74, 6) is 0.907. The fraction of sp³-hybridized carbons (Fsp3) is 0.450. The van der Waals surface area contributed by atoms with Crippen molar-refractivity contribution in [3.63, 3.8) is 0 Å². The summed E-state index contributed by atoms with van der Waals surface area (Å²) in [7, 11) is -3.41. The lowest BCUT2D eigenvalue weighted by molar-refractivity contribution is 0.0380. The van der Waals surface area contributed by atoms with E-state index in [1.165, 1.54) is 0 Å². The van der Waals surface area contributed by atoms with Gasteiger partial charge in [-0.05, 0) is 55.7 Å². The zero-order valence-electron chi connectivity index (χ0n) is 15.6. The molecule has 0 radical (unpaired) electrons. The highest BCUT2D eigenvalue weighted by Gasteiger charge is 2.53. The van der Waals surface area contributed by atoms with E-state index in [-0.39, 0.29) is 10.9 Å². The second kappa shape index (κ2) is 7.20. The van der Waals surface area contributed by atoms with E-state index in [1.54, 1.807) is 22.6 Å². The van der Waals surface area contributed by atoms with Gasteiger partial charge in [-0.2, -0.15) is 4.31 Å². The fourth-order valence-electron chi connectivity index (χ4n) is 3.81. The molecule has 0 bridgehead atoms. The number of aryl methyl sites for hydroxylation is 2. The second-order valence-electron chi connectivity index (χ2n) is 7.55. The standard InChI is InChI=1S/C20H24N2O3S2/c1-15-7-16(2)9-19(8-15)27(23,24)22-13-20(14-22)10-18(12-26-20)25-11-17-5-3-4-6-21-17/h3-9,18H,10-14H2,1-2H3/t18-/m1/s1. The molecule has 2 aliphatic rings. The van der Waals surface area contributed by atoms with Gasteiger partial charge in [0, 0.05) is 29.8 Å². The lowest BCUT2D eigenvalue weighted by atomic mass is 9.95. The van der Waals surface area contributed by atoms with Crippen molar-refractivity contribution in [2.75, 3.05) is 18.8 Å². The van der Waals surface area contributed by atoms with Crippen LogP contribution in [-0.4, -0.2) is 47.4 Å². The summed E-state index contributed by atoms with van der Waals surface area (Å²) in [4.78, 5) is 4.69. The van der Waals surface area contributed by atoms with E-state index in [2.05, 4.69) is 4.98 Å². The Morgan fingerprint density at radius 1 is 1.22 bits per heavy atom. The molecule has 2 fully saturated rings. The lowest BCUT2D eigenvalue weighted by Crippen LogP contribution is -2.60. The first-order valence-electron chi connectivity index (χ1n) is 9.10. The van der Waals surface area contributed by atoms with Crippen molar-refractivity contribution in [2.24, 2.45) is 0 Å². The van der Waals surface area contributed by atoms with Gasteiger partial charge >= 0.3 is 0 Å². The van der Waals surface area contributed by atoms with Crippen LogP contribution in [0.15, 0.2) is 47.5 Å². The molecule has 0 N–H and O–H groups in total. The Bertz CT molecular complexity index is 905. The second-order valence-corrected chi connectivity index (χ2v) is 11.0. The average molecular weight is 405 g/mol. The molecule has 2 aromatic rings. The first-order chi connectivity index (χ1) is 12.9. The van der Waals surface area contributed by atoms with Gasteiger partial charge in [0.05, 0.1) is 23.3 Å². The molecule has 1 atom stereocenters. The van der Waals surface area contributed by atoms with E-state index in [1.807, 2.05) is 49.9 Å². The summed E-state index contributed by atoms with van der Waals surface area (Å²) in [6.45, 7) is 5.50. The van der Waals surface area contributed by atoms with Crippen LogP contribution < -0.4 is 0 Å². The van der Waals surface area contributed by atoms with E-state index >= 15 is 0 Å². The molecule has 1 aromatic carbocycles. The molecule has 2 saturated heterocycles. The van der Waals surface area contributed by atoms with E-state index in [0.717, 1.165) is 29.0 Å². The molecule has 1 spiro atoms. The number of aromatic nitrogens is 1. The van der Waals surface area contributed by atoms with Gasteiger partial charge < -0.3 is 4.74 Å². The summed E-state index contributed by atoms with van der Waals surface area (Å²) in [6, 6.07) is 11.3. The maximum atomic E-state index is 12.9. The van der Waals surface area contributed by atoms with E-state index in [9.17, 15) is 8.42 Å². The van der Waals surface area contributed by atoms with Gasteiger partial charge in [-0.1, -0.05) is 12.1 Å². The first-order valence-corrected chi connectivity index (χ1v) is 11.5. The highest BCUT2D eigenvalue weighted by atomic mass is 32.2. The SMILES string of the molecule is Cc1cc(C)cc(S(=O)(=O)N2CC3(C[C@@H](OCc4ccccn4)CS3)C2)c1. The van der Waals surface area contributed by atoms with Gasteiger partial charge in [0.2, 0.25) is 10.0 Å². The minimum Gasteiger partial charge on any atom is -0.371 e. The van der Waals surface area contributed by atoms with Crippen molar-refractivity contribution in [3.05, 3.63) is 59.4 Å². The molecule has 7 heteroatoms. The number of hydrogen-bond acceptors (Lipinski definition) is 5. The summed E-state index contributed by atoms with van der Waals surface area (Å²) in [6.07, 6.45) is 2.82. The highest BCUT2D eigenvalue weighted by Crippen LogP contribution is 2.47. The van der Waals surface area contributed by atoms with Crippen LogP contribution in [0.2, 0.25) is 0 Å². The van der Waals surface area contributed by atoms with Crippen molar-refractivity contribution in [3.8, 4) is 0 Å². The number of ether oxygens (including phenoxy) is 1. The molecule has 0 unspecified atom stereocenters. The van der Waals surface area contributed by atoms with Crippen LogP contribution in [0, 0.1) is 13.8 Å². The zero-order valence-corrected chi connectivity index (χ0v) is 17.2. The van der Waals surface area contributed by atoms with Crippen LogP contribution in [-0.2, 0) is 21.4 Å². The van der Waals surface area contributed by atoms with Gasteiger partial charge in [0.1, 0.15) is 0 Å². The molecular formula is C20H24N2O3S2. The van der Waals surface area contributed by atoms with E-state index in [4.69, 9.17) is 4.74 Å². The van der Waals surface area contributed by atoms with Crippen molar-refractivity contribution in [2.45, 2.75) is 42.6 Å². The molecule has 27 heavy (non-hydrogen) atoms. The Hall–Kier alpha value is -1.41. The van der Waals surface area contributed by atoms with Crippen molar-refractivity contribution < 1.29 is 13.2 Å². The molecule has 0 aliphatic carbocycles. The largest absolute Gasteiger partial charge is 0.371 e. The quantitative estimate of drug-likeness (QED) is 0.766. The summed E-state index contributed by atoms with van der Waals surface area (Å²) in [5.41, 5.74) is 2.88. The third kappa shape index (κ3) is 3.92. The number of pyridine rings is 1. The van der Waals surface area contributed by atoms with Gasteiger partial charge in [-0.25, -0.2) is 8.42 Å². The molecule has 1 aromatic heterocycles. The van der Waals surface area contributed by atoms with Crippen molar-refractivity contribution in [1.82, 2.24) is 9.29 Å². The number of thioether (sulfide) groups is 1. The molecule has 5 nitrogen and oxygen atoms in total. The van der Waals surface area contributed by atoms with E-state index in [0.29, 0.717) is 24.6 Å². The van der Waals surface area contributed by atoms with E-state index < -0.39 is 10.0 Å². The number of hydrogen-bond donors (Lipinski definition) is 0. The third-order valence-corrected chi connectivity index (χ3v) is 8.48. The van der Waals surface area contributed by atoms with Crippen LogP contribution in [0.5, 0.6) is 0 Å². The van der Waals surface area contributed by atoms with Gasteiger partial charge in [0.25, 0.3) is 0 Å². The van der Waals surface area contributed by atoms with Crippen LogP contribution in [0.1, 0.15) is 23.2 Å². The molecular weight excluding hydrogens is 380 g/mol. The summed E-state index contributed by atoms with van der Waals surface area (Å²) in [5, 5.41) is 0. The number of rotatable bonds is 5. The Labute approximate surface area is 165 Å². The predicted molar refractivity (Wildman–Crippen MR) is 107 cm³/mol. The van der Waals surface area contributed by atoms with Gasteiger partial charge in [-0.15, -0.1) is 11.8 Å². The maximum Gasteiger partial charge on any atom is 0.243 e. The fourth-order valence-corrected chi connectivity index (χ4v) is 7.33. The minimum atomic E-state index is -3.41. The number of sulfonamides is 1. The topological polar surface area (TPSA) is 59.5 Å². The first kappa shape index (κ1) is 18.9. The normalized spacial score (nSPS) is 22.1. The smallest absolute Gasteiger partial charge is 0.243 e. The number of benzene rings is 1.